The van der Waals surface area contributed by atoms with E-state index in [0.29, 0.717) is 119 Å². The lowest BCUT2D eigenvalue weighted by atomic mass is 10.0. The number of esters is 1. The lowest BCUT2D eigenvalue weighted by Gasteiger charge is -2.10. The Morgan fingerprint density at radius 3 is 1.27 bits per heavy atom. The van der Waals surface area contributed by atoms with Gasteiger partial charge in [-0.25, -0.2) is 9.59 Å². The Bertz CT molecular complexity index is 3410. The molecule has 21 nitrogen and oxygen atoms in total. The highest BCUT2D eigenvalue weighted by Crippen LogP contribution is 2.36. The molecule has 0 saturated heterocycles. The number of nitrogens with two attached hydrogens (primary N) is 2. The van der Waals surface area contributed by atoms with Crippen molar-refractivity contribution in [2.45, 2.75) is 0 Å². The number of hydrogen-bond acceptors (Lipinski definition) is 18. The lowest BCUT2D eigenvalue weighted by Crippen LogP contribution is -2.15. The van der Waals surface area contributed by atoms with Gasteiger partial charge in [0.2, 0.25) is 23.3 Å². The fourth-order valence-electron chi connectivity index (χ4n) is 8.29. The number of ether oxygens (including phenoxy) is 10. The van der Waals surface area contributed by atoms with Crippen molar-refractivity contribution < 1.29 is 71.7 Å². The van der Waals surface area contributed by atoms with Crippen LogP contribution >= 0.6 is 0 Å². The molecule has 0 bridgehead atoms. The van der Waals surface area contributed by atoms with E-state index in [1.807, 2.05) is 12.1 Å². The second-order valence-corrected chi connectivity index (χ2v) is 17.1. The molecule has 21 heteroatoms. The summed E-state index contributed by atoms with van der Waals surface area (Å²) in [6.07, 6.45) is 3.40. The Morgan fingerprint density at radius 1 is 0.474 bits per heavy atom. The molecule has 4 aromatic heterocycles. The predicted octanol–water partition coefficient (Wildman–Crippen LogP) is 6.99. The van der Waals surface area contributed by atoms with Gasteiger partial charge < -0.3 is 63.9 Å². The fourth-order valence-corrected chi connectivity index (χ4v) is 8.29. The van der Waals surface area contributed by atoms with Gasteiger partial charge in [0.1, 0.15) is 35.7 Å². The maximum absolute atomic E-state index is 13.9. The third-order valence-electron chi connectivity index (χ3n) is 12.1. The third-order valence-corrected chi connectivity index (χ3v) is 12.1. The van der Waals surface area contributed by atoms with E-state index in [1.54, 1.807) is 112 Å². The number of methoxy groups -OCH3 is 3. The number of benzene rings is 4. The van der Waals surface area contributed by atoms with Crippen molar-refractivity contribution in [3.05, 3.63) is 155 Å². The number of carbonyl (C=O) groups is 4. The molecule has 5 N–H and O–H groups in total. The number of imidazole rings is 2. The number of pyridine rings is 2. The van der Waals surface area contributed by atoms with Crippen LogP contribution in [0.15, 0.2) is 122 Å². The van der Waals surface area contributed by atoms with E-state index in [2.05, 4.69) is 9.97 Å². The molecule has 8 aromatic rings. The topological polar surface area (TPSA) is 267 Å². The average Bonchev–Trinajstić information content (AvgIpc) is 4.27. The average molecular weight is 1070 g/mol. The molecule has 4 heterocycles. The van der Waals surface area contributed by atoms with Crippen LogP contribution in [0.1, 0.15) is 53.1 Å². The highest BCUT2D eigenvalue weighted by molar-refractivity contribution is 6.09. The van der Waals surface area contributed by atoms with Crippen LogP contribution < -0.4 is 30.4 Å². The van der Waals surface area contributed by atoms with Gasteiger partial charge in [-0.15, -0.1) is 0 Å². The molecule has 0 aliphatic heterocycles. The van der Waals surface area contributed by atoms with Crippen LogP contribution in [0, 0.1) is 0 Å². The number of aromatic carboxylic acids is 1. The van der Waals surface area contributed by atoms with Crippen LogP contribution in [0.3, 0.4) is 0 Å². The first-order valence-electron chi connectivity index (χ1n) is 24.7. The van der Waals surface area contributed by atoms with Gasteiger partial charge in [-0.2, -0.15) is 9.97 Å². The summed E-state index contributed by atoms with van der Waals surface area (Å²) in [5.41, 5.74) is 17.4. The summed E-state index contributed by atoms with van der Waals surface area (Å²) in [5.74, 6) is -1.13. The summed E-state index contributed by atoms with van der Waals surface area (Å²) in [7, 11) is 4.25. The van der Waals surface area contributed by atoms with Crippen LogP contribution in [0.2, 0.25) is 0 Å². The summed E-state index contributed by atoms with van der Waals surface area (Å²) in [5, 5.41) is 9.66. The Morgan fingerprint density at radius 2 is 0.872 bits per heavy atom. The van der Waals surface area contributed by atoms with Crippen molar-refractivity contribution in [1.82, 2.24) is 18.8 Å². The maximum atomic E-state index is 13.9. The second-order valence-electron chi connectivity index (χ2n) is 17.1. The molecular formula is C57H58N6O15. The zero-order chi connectivity index (χ0) is 55.0. The van der Waals surface area contributed by atoms with Crippen LogP contribution in [0.4, 0.5) is 11.4 Å². The molecule has 0 radical (unpaired) electrons. The number of aromatic nitrogens is 4. The Hall–Kier alpha value is -8.86. The van der Waals surface area contributed by atoms with Crippen molar-refractivity contribution in [2.75, 3.05) is 112 Å². The molecule has 0 atom stereocenters. The molecule has 0 saturated carbocycles. The van der Waals surface area contributed by atoms with Gasteiger partial charge in [0.05, 0.1) is 110 Å². The lowest BCUT2D eigenvalue weighted by molar-refractivity contribution is -0.0142. The van der Waals surface area contributed by atoms with Crippen LogP contribution in [-0.4, -0.2) is 148 Å². The number of fused-ring (bicyclic) bond motifs is 2. The third kappa shape index (κ3) is 13.2. The number of carbonyl (C=O) groups excluding carboxylic acids is 3. The highest BCUT2D eigenvalue weighted by atomic mass is 16.6. The number of carboxylic acids is 1. The summed E-state index contributed by atoms with van der Waals surface area (Å²) in [6, 6.07) is 30.1. The maximum Gasteiger partial charge on any atom is 0.337 e. The van der Waals surface area contributed by atoms with Gasteiger partial charge in [-0.3, -0.25) is 18.4 Å². The van der Waals surface area contributed by atoms with Crippen molar-refractivity contribution in [2.24, 2.45) is 0 Å². The minimum Gasteiger partial charge on any atom is -0.495 e. The number of carboxylic acid groups (broad SMARTS) is 1. The van der Waals surface area contributed by atoms with Crippen molar-refractivity contribution in [1.29, 1.82) is 0 Å². The number of anilines is 2. The van der Waals surface area contributed by atoms with Crippen molar-refractivity contribution in [3.8, 4) is 45.5 Å². The first-order chi connectivity index (χ1) is 38.0. The van der Waals surface area contributed by atoms with Crippen LogP contribution in [0.25, 0.3) is 33.3 Å². The van der Waals surface area contributed by atoms with E-state index in [0.717, 1.165) is 0 Å². The molecule has 8 rings (SSSR count). The van der Waals surface area contributed by atoms with E-state index >= 15 is 0 Å². The first kappa shape index (κ1) is 55.4. The standard InChI is InChI=1S/C57H58N6O15/c1-69-46-34-38(14-16-44(46)58)50(64)52-60-54(48-42(12-6-18-62(48)52)36-8-4-10-40(32-36)56(66)67)77-30-28-75-26-24-73-22-20-72-21-23-74-25-27-76-29-31-78-55-49-43(37-9-5-11-41(33-37)57(68)71-3)13-7-19-63(49)53(61-55)51(65)39-15-17-45(59)47(35-39)70-2/h4-19,32-35H,20-31,58-59H2,1-3H3,(H,66,67). The quantitative estimate of drug-likeness (QED) is 0.0177. The van der Waals surface area contributed by atoms with E-state index in [9.17, 15) is 24.3 Å². The number of nitrogen functional groups attached to an aromatic ring is 2. The number of hydrogen-bond donors (Lipinski definition) is 3. The van der Waals surface area contributed by atoms with E-state index in [-0.39, 0.29) is 67.8 Å². The van der Waals surface area contributed by atoms with Gasteiger partial charge >= 0.3 is 11.9 Å². The van der Waals surface area contributed by atoms with Gasteiger partial charge in [0.25, 0.3) is 0 Å². The van der Waals surface area contributed by atoms with E-state index in [4.69, 9.17) is 58.8 Å². The largest absolute Gasteiger partial charge is 0.495 e. The minimum absolute atomic E-state index is 0.0730. The molecule has 0 spiro atoms. The molecule has 0 aliphatic carbocycles. The monoisotopic (exact) mass is 1070 g/mol. The first-order valence-corrected chi connectivity index (χ1v) is 24.7. The fraction of sp³-hybridized carbons (Fsp3) is 0.263. The van der Waals surface area contributed by atoms with Crippen molar-refractivity contribution >= 4 is 45.9 Å². The molecule has 0 fully saturated rings. The molecule has 0 amide bonds. The van der Waals surface area contributed by atoms with Gasteiger partial charge in [0, 0.05) is 34.6 Å². The second kappa shape index (κ2) is 26.8. The zero-order valence-electron chi connectivity index (χ0n) is 43.1. The van der Waals surface area contributed by atoms with Gasteiger partial charge in [-0.05, 0) is 83.9 Å². The Balaban J connectivity index is 0.742. The zero-order valence-corrected chi connectivity index (χ0v) is 43.1. The molecule has 0 aliphatic rings. The SMILES string of the molecule is COC(=O)c1cccc(-c2cccn3c(C(=O)c4ccc(N)c(OC)c4)nc(OCCOCCOCCOCCOCCOCCOc4nc(C(=O)c5ccc(N)c(OC)c5)n5cccc(-c6cccc(C(=O)O)c6)c45)c23)c1. The number of nitrogens with zero attached hydrogens (tertiary/aromatic N) is 4. The van der Waals surface area contributed by atoms with Gasteiger partial charge in [-0.1, -0.05) is 36.4 Å². The van der Waals surface area contributed by atoms with Crippen molar-refractivity contribution in [3.63, 3.8) is 0 Å². The van der Waals surface area contributed by atoms with Crippen LogP contribution in [-0.2, 0) is 28.4 Å². The molecule has 78 heavy (non-hydrogen) atoms. The molecule has 406 valence electrons. The summed E-state index contributed by atoms with van der Waals surface area (Å²) in [6.45, 7) is 3.16. The van der Waals surface area contributed by atoms with Crippen LogP contribution in [0.5, 0.6) is 23.3 Å². The van der Waals surface area contributed by atoms with E-state index in [1.165, 1.54) is 27.4 Å². The molecule has 4 aromatic carbocycles. The summed E-state index contributed by atoms with van der Waals surface area (Å²) < 4.78 is 59.6. The normalized spacial score (nSPS) is 11.2. The molecular weight excluding hydrogens is 1010 g/mol. The molecule has 0 unspecified atom stereocenters. The van der Waals surface area contributed by atoms with E-state index < -0.39 is 17.7 Å². The number of ketones is 2. The summed E-state index contributed by atoms with van der Waals surface area (Å²) >= 11 is 0. The highest BCUT2D eigenvalue weighted by Gasteiger charge is 2.26. The Kier molecular flexibility index (Phi) is 19.0. The minimum atomic E-state index is -1.07. The smallest absolute Gasteiger partial charge is 0.337 e. The predicted molar refractivity (Wildman–Crippen MR) is 286 cm³/mol. The summed E-state index contributed by atoms with van der Waals surface area (Å²) in [4.78, 5) is 61.3. The van der Waals surface area contributed by atoms with Gasteiger partial charge in [0.15, 0.2) is 11.6 Å². The number of rotatable bonds is 30. The Labute approximate surface area is 448 Å².